The van der Waals surface area contributed by atoms with Crippen molar-refractivity contribution in [1.29, 1.82) is 0 Å². The minimum absolute atomic E-state index is 0.0194. The predicted octanol–water partition coefficient (Wildman–Crippen LogP) is 1.81. The summed E-state index contributed by atoms with van der Waals surface area (Å²) >= 11 is 5.79. The second kappa shape index (κ2) is 4.73. The summed E-state index contributed by atoms with van der Waals surface area (Å²) in [6.07, 6.45) is 5.66. The van der Waals surface area contributed by atoms with Gasteiger partial charge in [0.15, 0.2) is 11.0 Å². The van der Waals surface area contributed by atoms with Gasteiger partial charge in [0.1, 0.15) is 10.5 Å². The van der Waals surface area contributed by atoms with E-state index in [9.17, 15) is 8.42 Å². The van der Waals surface area contributed by atoms with Gasteiger partial charge < -0.3 is 4.98 Å². The van der Waals surface area contributed by atoms with Gasteiger partial charge in [-0.05, 0) is 12.1 Å². The molecule has 7 nitrogen and oxygen atoms in total. The molecule has 0 saturated carbocycles. The van der Waals surface area contributed by atoms with Crippen molar-refractivity contribution in [2.75, 3.05) is 4.72 Å². The van der Waals surface area contributed by atoms with E-state index < -0.39 is 10.0 Å². The fourth-order valence-electron chi connectivity index (χ4n) is 1.72. The number of H-pyrrole nitrogens is 1. The van der Waals surface area contributed by atoms with Crippen LogP contribution < -0.4 is 4.72 Å². The van der Waals surface area contributed by atoms with Crippen LogP contribution in [-0.2, 0) is 10.0 Å². The SMILES string of the molecule is O=S(=O)(Nc1nccnc1Cl)c1c[nH]c2ncccc12. The zero-order chi connectivity index (χ0) is 14.2. The van der Waals surface area contributed by atoms with E-state index >= 15 is 0 Å². The first-order chi connectivity index (χ1) is 9.58. The molecule has 0 aliphatic carbocycles. The van der Waals surface area contributed by atoms with Gasteiger partial charge in [-0.1, -0.05) is 11.6 Å². The molecule has 20 heavy (non-hydrogen) atoms. The second-order valence-corrected chi connectivity index (χ2v) is 5.86. The van der Waals surface area contributed by atoms with Crippen molar-refractivity contribution in [3.63, 3.8) is 0 Å². The molecule has 9 heteroatoms. The lowest BCUT2D eigenvalue weighted by Gasteiger charge is -2.06. The van der Waals surface area contributed by atoms with Crippen LogP contribution in [0.2, 0.25) is 5.15 Å². The zero-order valence-electron chi connectivity index (χ0n) is 9.91. The van der Waals surface area contributed by atoms with E-state index in [0.29, 0.717) is 11.0 Å². The number of pyridine rings is 1. The van der Waals surface area contributed by atoms with E-state index in [1.54, 1.807) is 18.3 Å². The largest absolute Gasteiger partial charge is 0.345 e. The van der Waals surface area contributed by atoms with E-state index in [-0.39, 0.29) is 15.9 Å². The molecule has 0 bridgehead atoms. The molecule has 0 spiro atoms. The first kappa shape index (κ1) is 12.8. The Kier molecular flexibility index (Phi) is 3.03. The fraction of sp³-hybridized carbons (Fsp3) is 0. The standard InChI is InChI=1S/C11H8ClN5O2S/c12-9-11(15-5-4-13-9)17-20(18,19)8-6-16-10-7(8)2-1-3-14-10/h1-6H,(H,14,16)(H,15,17). The molecule has 0 aromatic carbocycles. The highest BCUT2D eigenvalue weighted by Gasteiger charge is 2.21. The van der Waals surface area contributed by atoms with Gasteiger partial charge in [-0.3, -0.25) is 4.72 Å². The normalized spacial score (nSPS) is 11.7. The lowest BCUT2D eigenvalue weighted by atomic mass is 10.3. The number of nitrogens with zero attached hydrogens (tertiary/aromatic N) is 3. The highest BCUT2D eigenvalue weighted by molar-refractivity contribution is 7.93. The Bertz CT molecular complexity index is 877. The summed E-state index contributed by atoms with van der Waals surface area (Å²) in [6.45, 7) is 0. The van der Waals surface area contributed by atoms with Crippen LogP contribution >= 0.6 is 11.6 Å². The van der Waals surface area contributed by atoms with Crippen LogP contribution in [-0.4, -0.2) is 28.4 Å². The summed E-state index contributed by atoms with van der Waals surface area (Å²) in [5.74, 6) is -0.0209. The Morgan fingerprint density at radius 1 is 1.15 bits per heavy atom. The van der Waals surface area contributed by atoms with E-state index in [1.807, 2.05) is 0 Å². The summed E-state index contributed by atoms with van der Waals surface area (Å²) in [5.41, 5.74) is 0.484. The Labute approximate surface area is 119 Å². The Morgan fingerprint density at radius 3 is 2.75 bits per heavy atom. The molecule has 0 amide bonds. The van der Waals surface area contributed by atoms with E-state index in [4.69, 9.17) is 11.6 Å². The van der Waals surface area contributed by atoms with Crippen molar-refractivity contribution in [1.82, 2.24) is 19.9 Å². The summed E-state index contributed by atoms with van der Waals surface area (Å²) in [5, 5.41) is 0.467. The second-order valence-electron chi connectivity index (χ2n) is 3.85. The summed E-state index contributed by atoms with van der Waals surface area (Å²) < 4.78 is 27.0. The molecular weight excluding hydrogens is 302 g/mol. The van der Waals surface area contributed by atoms with Gasteiger partial charge in [0.25, 0.3) is 10.0 Å². The molecule has 0 fully saturated rings. The molecule has 102 valence electrons. The third kappa shape index (κ3) is 2.19. The number of sulfonamides is 1. The number of aromatic nitrogens is 4. The van der Waals surface area contributed by atoms with Gasteiger partial charge in [0.05, 0.1) is 0 Å². The molecule has 3 aromatic rings. The minimum atomic E-state index is -3.83. The molecule has 0 aliphatic rings. The van der Waals surface area contributed by atoms with Crippen LogP contribution in [0.4, 0.5) is 5.82 Å². The van der Waals surface area contributed by atoms with Crippen molar-refractivity contribution < 1.29 is 8.42 Å². The molecule has 0 saturated heterocycles. The topological polar surface area (TPSA) is 101 Å². The van der Waals surface area contributed by atoms with Crippen molar-refractivity contribution >= 4 is 38.5 Å². The smallest absolute Gasteiger partial charge is 0.265 e. The van der Waals surface area contributed by atoms with Crippen molar-refractivity contribution in [3.8, 4) is 0 Å². The maximum absolute atomic E-state index is 12.3. The monoisotopic (exact) mass is 309 g/mol. The van der Waals surface area contributed by atoms with Crippen molar-refractivity contribution in [2.45, 2.75) is 4.90 Å². The van der Waals surface area contributed by atoms with Crippen LogP contribution in [0.25, 0.3) is 11.0 Å². The molecule has 0 aliphatic heterocycles. The van der Waals surface area contributed by atoms with Crippen LogP contribution in [0.15, 0.2) is 41.8 Å². The van der Waals surface area contributed by atoms with Gasteiger partial charge in [0.2, 0.25) is 0 Å². The molecule has 0 radical (unpaired) electrons. The van der Waals surface area contributed by atoms with Crippen molar-refractivity contribution in [3.05, 3.63) is 42.1 Å². The molecule has 3 rings (SSSR count). The maximum atomic E-state index is 12.3. The maximum Gasteiger partial charge on any atom is 0.265 e. The van der Waals surface area contributed by atoms with Crippen LogP contribution in [0, 0.1) is 0 Å². The highest BCUT2D eigenvalue weighted by Crippen LogP contribution is 2.24. The molecule has 0 atom stereocenters. The van der Waals surface area contributed by atoms with Crippen molar-refractivity contribution in [2.24, 2.45) is 0 Å². The first-order valence-corrected chi connectivity index (χ1v) is 7.35. The number of nitrogens with one attached hydrogen (secondary N) is 2. The number of anilines is 1. The Balaban J connectivity index is 2.07. The third-order valence-electron chi connectivity index (χ3n) is 2.59. The summed E-state index contributed by atoms with van der Waals surface area (Å²) in [6, 6.07) is 3.32. The lowest BCUT2D eigenvalue weighted by Crippen LogP contribution is -2.14. The van der Waals surface area contributed by atoms with E-state index in [0.717, 1.165) is 0 Å². The molecule has 3 heterocycles. The Morgan fingerprint density at radius 2 is 1.95 bits per heavy atom. The number of hydrogen-bond donors (Lipinski definition) is 2. The zero-order valence-corrected chi connectivity index (χ0v) is 11.5. The van der Waals surface area contributed by atoms with E-state index in [2.05, 4.69) is 24.7 Å². The highest BCUT2D eigenvalue weighted by atomic mass is 35.5. The minimum Gasteiger partial charge on any atom is -0.345 e. The van der Waals surface area contributed by atoms with Gasteiger partial charge in [-0.25, -0.2) is 23.4 Å². The number of fused-ring (bicyclic) bond motifs is 1. The Hall–Kier alpha value is -2.19. The molecule has 2 N–H and O–H groups in total. The number of aromatic amines is 1. The number of halogens is 1. The van der Waals surface area contributed by atoms with E-state index in [1.165, 1.54) is 18.6 Å². The average Bonchev–Trinajstić information content (AvgIpc) is 2.86. The van der Waals surface area contributed by atoms with Crippen LogP contribution in [0.3, 0.4) is 0 Å². The van der Waals surface area contributed by atoms with Crippen LogP contribution in [0.1, 0.15) is 0 Å². The summed E-state index contributed by atoms with van der Waals surface area (Å²) in [7, 11) is -3.83. The first-order valence-electron chi connectivity index (χ1n) is 5.49. The number of hydrogen-bond acceptors (Lipinski definition) is 5. The van der Waals surface area contributed by atoms with Crippen LogP contribution in [0.5, 0.6) is 0 Å². The van der Waals surface area contributed by atoms with Gasteiger partial charge in [-0.2, -0.15) is 0 Å². The lowest BCUT2D eigenvalue weighted by molar-refractivity contribution is 0.602. The van der Waals surface area contributed by atoms with Gasteiger partial charge >= 0.3 is 0 Å². The number of rotatable bonds is 3. The van der Waals surface area contributed by atoms with Gasteiger partial charge in [0, 0.05) is 30.2 Å². The van der Waals surface area contributed by atoms with Gasteiger partial charge in [-0.15, -0.1) is 0 Å². The fourth-order valence-corrected chi connectivity index (χ4v) is 3.12. The average molecular weight is 310 g/mol. The molecule has 3 aromatic heterocycles. The molecule has 0 unspecified atom stereocenters. The summed E-state index contributed by atoms with van der Waals surface area (Å²) in [4.78, 5) is 14.5. The molecular formula is C11H8ClN5O2S. The third-order valence-corrected chi connectivity index (χ3v) is 4.24. The quantitative estimate of drug-likeness (QED) is 0.768. The predicted molar refractivity (Wildman–Crippen MR) is 73.9 cm³/mol.